The second kappa shape index (κ2) is 4.70. The minimum Gasteiger partial charge on any atom is -0.497 e. The summed E-state index contributed by atoms with van der Waals surface area (Å²) in [4.78, 5) is 0. The predicted octanol–water partition coefficient (Wildman–Crippen LogP) is 3.37. The zero-order valence-corrected chi connectivity index (χ0v) is 8.45. The summed E-state index contributed by atoms with van der Waals surface area (Å²) in [5.41, 5.74) is 1.32. The van der Waals surface area contributed by atoms with Crippen molar-refractivity contribution in [1.82, 2.24) is 0 Å². The predicted molar refractivity (Wildman–Crippen MR) is 56.2 cm³/mol. The summed E-state index contributed by atoms with van der Waals surface area (Å²) >= 11 is 0. The van der Waals surface area contributed by atoms with E-state index >= 15 is 0 Å². The van der Waals surface area contributed by atoms with Crippen LogP contribution in [-0.2, 0) is 0 Å². The summed E-state index contributed by atoms with van der Waals surface area (Å²) in [6.07, 6.45) is 4.26. The normalized spacial score (nSPS) is 13.2. The second-order valence-corrected chi connectivity index (χ2v) is 3.09. The van der Waals surface area contributed by atoms with Crippen molar-refractivity contribution in [3.05, 3.63) is 42.0 Å². The highest BCUT2D eigenvalue weighted by Gasteiger charge is 2.00. The van der Waals surface area contributed by atoms with Gasteiger partial charge in [0.25, 0.3) is 0 Å². The molecule has 0 fully saturated rings. The van der Waals surface area contributed by atoms with Crippen molar-refractivity contribution in [3.8, 4) is 5.75 Å². The fourth-order valence-electron chi connectivity index (χ4n) is 1.31. The zero-order valence-electron chi connectivity index (χ0n) is 8.45. The molecule has 13 heavy (non-hydrogen) atoms. The highest BCUT2D eigenvalue weighted by Crippen LogP contribution is 2.19. The van der Waals surface area contributed by atoms with Gasteiger partial charge in [0.05, 0.1) is 7.11 Å². The lowest BCUT2D eigenvalue weighted by Crippen LogP contribution is -1.89. The van der Waals surface area contributed by atoms with E-state index in [1.54, 1.807) is 7.11 Å². The standard InChI is InChI=1S/C12H16O/c1-4-5-10(2)11-6-8-12(13-3)9-7-11/h4-10H,1-3H3/b5-4+. The topological polar surface area (TPSA) is 9.23 Å². The largest absolute Gasteiger partial charge is 0.497 e. The van der Waals surface area contributed by atoms with Gasteiger partial charge in [-0.15, -0.1) is 0 Å². The molecule has 0 spiro atoms. The maximum Gasteiger partial charge on any atom is 0.118 e. The van der Waals surface area contributed by atoms with Gasteiger partial charge in [0.15, 0.2) is 0 Å². The van der Waals surface area contributed by atoms with E-state index in [0.29, 0.717) is 5.92 Å². The quantitative estimate of drug-likeness (QED) is 0.641. The minimum absolute atomic E-state index is 0.482. The maximum absolute atomic E-state index is 5.09. The number of ether oxygens (including phenoxy) is 1. The molecule has 70 valence electrons. The molecule has 1 nitrogen and oxygen atoms in total. The van der Waals surface area contributed by atoms with Crippen LogP contribution < -0.4 is 4.74 Å². The Kier molecular flexibility index (Phi) is 3.56. The SMILES string of the molecule is C/C=C/C(C)c1ccc(OC)cc1. The van der Waals surface area contributed by atoms with Crippen molar-refractivity contribution >= 4 is 0 Å². The van der Waals surface area contributed by atoms with Crippen molar-refractivity contribution in [2.75, 3.05) is 7.11 Å². The molecule has 1 unspecified atom stereocenters. The molecular weight excluding hydrogens is 160 g/mol. The van der Waals surface area contributed by atoms with E-state index in [9.17, 15) is 0 Å². The summed E-state index contributed by atoms with van der Waals surface area (Å²) in [5, 5.41) is 0. The molecule has 0 amide bonds. The van der Waals surface area contributed by atoms with Crippen LogP contribution in [0.4, 0.5) is 0 Å². The van der Waals surface area contributed by atoms with Crippen LogP contribution in [0.5, 0.6) is 5.75 Å². The van der Waals surface area contributed by atoms with Gasteiger partial charge in [-0.25, -0.2) is 0 Å². The third kappa shape index (κ3) is 2.62. The fourth-order valence-corrected chi connectivity index (χ4v) is 1.31. The molecule has 0 aliphatic heterocycles. The molecule has 1 aromatic rings. The Bertz CT molecular complexity index is 272. The van der Waals surface area contributed by atoms with Gasteiger partial charge in [-0.3, -0.25) is 0 Å². The Morgan fingerprint density at radius 3 is 2.31 bits per heavy atom. The van der Waals surface area contributed by atoms with Gasteiger partial charge < -0.3 is 4.74 Å². The van der Waals surface area contributed by atoms with Crippen LogP contribution in [0.1, 0.15) is 25.3 Å². The molecule has 0 radical (unpaired) electrons. The number of allylic oxidation sites excluding steroid dienone is 2. The van der Waals surface area contributed by atoms with E-state index in [2.05, 4.69) is 31.2 Å². The van der Waals surface area contributed by atoms with Crippen molar-refractivity contribution in [2.24, 2.45) is 0 Å². The van der Waals surface area contributed by atoms with Crippen LogP contribution in [0.2, 0.25) is 0 Å². The van der Waals surface area contributed by atoms with Gasteiger partial charge in [-0.1, -0.05) is 31.2 Å². The first-order valence-electron chi connectivity index (χ1n) is 4.54. The highest BCUT2D eigenvalue weighted by atomic mass is 16.5. The van der Waals surface area contributed by atoms with E-state index in [0.717, 1.165) is 5.75 Å². The van der Waals surface area contributed by atoms with Gasteiger partial charge >= 0.3 is 0 Å². The van der Waals surface area contributed by atoms with Crippen LogP contribution in [0.15, 0.2) is 36.4 Å². The molecule has 0 aromatic heterocycles. The van der Waals surface area contributed by atoms with Crippen LogP contribution in [0.25, 0.3) is 0 Å². The average molecular weight is 176 g/mol. The van der Waals surface area contributed by atoms with Crippen molar-refractivity contribution in [3.63, 3.8) is 0 Å². The first-order chi connectivity index (χ1) is 6.27. The lowest BCUT2D eigenvalue weighted by Gasteiger charge is -2.07. The summed E-state index contributed by atoms with van der Waals surface area (Å²) in [6, 6.07) is 8.19. The molecule has 0 aliphatic carbocycles. The molecule has 1 aromatic carbocycles. The first-order valence-corrected chi connectivity index (χ1v) is 4.54. The Morgan fingerprint density at radius 1 is 1.23 bits per heavy atom. The molecule has 0 bridgehead atoms. The van der Waals surface area contributed by atoms with E-state index in [1.165, 1.54) is 5.56 Å². The number of benzene rings is 1. The smallest absolute Gasteiger partial charge is 0.118 e. The summed E-state index contributed by atoms with van der Waals surface area (Å²) in [5.74, 6) is 1.40. The highest BCUT2D eigenvalue weighted by molar-refractivity contribution is 5.30. The third-order valence-corrected chi connectivity index (χ3v) is 2.12. The summed E-state index contributed by atoms with van der Waals surface area (Å²) < 4.78 is 5.09. The van der Waals surface area contributed by atoms with Gasteiger partial charge in [-0.05, 0) is 30.5 Å². The number of rotatable bonds is 3. The Hall–Kier alpha value is -1.24. The molecular formula is C12H16O. The van der Waals surface area contributed by atoms with Crippen LogP contribution >= 0.6 is 0 Å². The van der Waals surface area contributed by atoms with E-state index in [-0.39, 0.29) is 0 Å². The molecule has 1 rings (SSSR count). The molecule has 0 N–H and O–H groups in total. The van der Waals surface area contributed by atoms with Gasteiger partial charge in [-0.2, -0.15) is 0 Å². The third-order valence-electron chi connectivity index (χ3n) is 2.12. The van der Waals surface area contributed by atoms with Gasteiger partial charge in [0, 0.05) is 0 Å². The Labute approximate surface area is 80.0 Å². The maximum atomic E-state index is 5.09. The molecule has 0 saturated carbocycles. The molecule has 1 atom stereocenters. The second-order valence-electron chi connectivity index (χ2n) is 3.09. The van der Waals surface area contributed by atoms with Crippen molar-refractivity contribution in [1.29, 1.82) is 0 Å². The molecule has 0 aliphatic rings. The van der Waals surface area contributed by atoms with E-state index in [1.807, 2.05) is 19.1 Å². The van der Waals surface area contributed by atoms with Crippen molar-refractivity contribution in [2.45, 2.75) is 19.8 Å². The van der Waals surface area contributed by atoms with Crippen LogP contribution in [0.3, 0.4) is 0 Å². The monoisotopic (exact) mass is 176 g/mol. The zero-order chi connectivity index (χ0) is 9.68. The molecule has 0 heterocycles. The Morgan fingerprint density at radius 2 is 1.85 bits per heavy atom. The fraction of sp³-hybridized carbons (Fsp3) is 0.333. The number of hydrogen-bond acceptors (Lipinski definition) is 1. The molecule has 1 heteroatoms. The number of methoxy groups -OCH3 is 1. The molecule has 0 saturated heterocycles. The van der Waals surface area contributed by atoms with E-state index < -0.39 is 0 Å². The summed E-state index contributed by atoms with van der Waals surface area (Å²) in [6.45, 7) is 4.22. The van der Waals surface area contributed by atoms with Gasteiger partial charge in [0.1, 0.15) is 5.75 Å². The van der Waals surface area contributed by atoms with Crippen LogP contribution in [-0.4, -0.2) is 7.11 Å². The average Bonchev–Trinajstić information content (AvgIpc) is 2.18. The summed E-state index contributed by atoms with van der Waals surface area (Å²) in [7, 11) is 1.68. The van der Waals surface area contributed by atoms with Gasteiger partial charge in [0.2, 0.25) is 0 Å². The lowest BCUT2D eigenvalue weighted by atomic mass is 10.0. The Balaban J connectivity index is 2.79. The first kappa shape index (κ1) is 9.85. The van der Waals surface area contributed by atoms with E-state index in [4.69, 9.17) is 4.74 Å². The minimum atomic E-state index is 0.482. The van der Waals surface area contributed by atoms with Crippen LogP contribution in [0, 0.1) is 0 Å². The lowest BCUT2D eigenvalue weighted by molar-refractivity contribution is 0.414. The van der Waals surface area contributed by atoms with Crippen molar-refractivity contribution < 1.29 is 4.74 Å². The number of hydrogen-bond donors (Lipinski definition) is 0.